The Morgan fingerprint density at radius 1 is 0.765 bits per heavy atom. The van der Waals surface area contributed by atoms with Gasteiger partial charge >= 0.3 is 0 Å². The molecule has 0 fully saturated rings. The van der Waals surface area contributed by atoms with Crippen LogP contribution in [0.3, 0.4) is 0 Å². The molecule has 2 rings (SSSR count). The first-order valence-corrected chi connectivity index (χ1v) is 5.47. The Morgan fingerprint density at radius 3 is 1.88 bits per heavy atom. The maximum absolute atomic E-state index is 9.14. The van der Waals surface area contributed by atoms with E-state index in [0.717, 1.165) is 17.5 Å². The lowest BCUT2D eigenvalue weighted by molar-refractivity contribution is 0.474. The van der Waals surface area contributed by atoms with Crippen molar-refractivity contribution < 1.29 is 10.2 Å². The highest BCUT2D eigenvalue weighted by atomic mass is 16.3. The van der Waals surface area contributed by atoms with Crippen molar-refractivity contribution in [3.05, 3.63) is 65.7 Å². The van der Waals surface area contributed by atoms with Crippen LogP contribution in [0.5, 0.6) is 11.5 Å². The molecule has 17 heavy (non-hydrogen) atoms. The molecule has 2 nitrogen and oxygen atoms in total. The van der Waals surface area contributed by atoms with Gasteiger partial charge in [0.1, 0.15) is 11.5 Å². The summed E-state index contributed by atoms with van der Waals surface area (Å²) in [5, 5.41) is 18.3. The van der Waals surface area contributed by atoms with E-state index >= 15 is 0 Å². The fourth-order valence-electron chi connectivity index (χ4n) is 1.55. The van der Waals surface area contributed by atoms with Crippen LogP contribution < -0.4 is 0 Å². The lowest BCUT2D eigenvalue weighted by Gasteiger charge is -1.97. The molecule has 0 saturated heterocycles. The first kappa shape index (κ1) is 11.3. The molecule has 0 amide bonds. The Hall–Kier alpha value is -2.22. The van der Waals surface area contributed by atoms with Crippen molar-refractivity contribution in [3.8, 4) is 11.5 Å². The Balaban J connectivity index is 1.97. The van der Waals surface area contributed by atoms with Gasteiger partial charge in [0.25, 0.3) is 0 Å². The number of allylic oxidation sites excluding steroid dienone is 1. The molecule has 2 aromatic carbocycles. The SMILES string of the molecule is Oc1ccc(/C=C\Cc2ccc(O)cc2)cc1. The molecule has 0 spiro atoms. The molecule has 0 heterocycles. The van der Waals surface area contributed by atoms with E-state index in [9.17, 15) is 0 Å². The summed E-state index contributed by atoms with van der Waals surface area (Å²) < 4.78 is 0. The highest BCUT2D eigenvalue weighted by Crippen LogP contribution is 2.13. The molecule has 0 atom stereocenters. The van der Waals surface area contributed by atoms with Crippen LogP contribution in [-0.2, 0) is 6.42 Å². The monoisotopic (exact) mass is 226 g/mol. The normalized spacial score (nSPS) is 10.8. The summed E-state index contributed by atoms with van der Waals surface area (Å²) in [4.78, 5) is 0. The average Bonchev–Trinajstić information content (AvgIpc) is 2.34. The Kier molecular flexibility index (Phi) is 3.46. The predicted octanol–water partition coefficient (Wildman–Crippen LogP) is 3.35. The third-order valence-corrected chi connectivity index (χ3v) is 2.49. The molecule has 2 N–H and O–H groups in total. The van der Waals surface area contributed by atoms with Crippen LogP contribution in [0.4, 0.5) is 0 Å². The second-order valence-electron chi connectivity index (χ2n) is 3.86. The number of phenolic OH excluding ortho intramolecular Hbond substituents is 2. The molecule has 0 bridgehead atoms. The van der Waals surface area contributed by atoms with Gasteiger partial charge in [-0.3, -0.25) is 0 Å². The van der Waals surface area contributed by atoms with Crippen LogP contribution in [0.1, 0.15) is 11.1 Å². The number of benzene rings is 2. The number of aromatic hydroxyl groups is 2. The van der Waals surface area contributed by atoms with E-state index < -0.39 is 0 Å². The fourth-order valence-corrected chi connectivity index (χ4v) is 1.55. The van der Waals surface area contributed by atoms with Crippen molar-refractivity contribution in [3.63, 3.8) is 0 Å². The van der Waals surface area contributed by atoms with Gasteiger partial charge in [-0.05, 0) is 41.8 Å². The van der Waals surface area contributed by atoms with Crippen molar-refractivity contribution >= 4 is 6.08 Å². The summed E-state index contributed by atoms with van der Waals surface area (Å²) in [6.07, 6.45) is 4.88. The highest BCUT2D eigenvalue weighted by Gasteiger charge is 1.91. The summed E-state index contributed by atoms with van der Waals surface area (Å²) >= 11 is 0. The average molecular weight is 226 g/mol. The van der Waals surface area contributed by atoms with Crippen LogP contribution >= 0.6 is 0 Å². The van der Waals surface area contributed by atoms with Crippen LogP contribution in [0.2, 0.25) is 0 Å². The third kappa shape index (κ3) is 3.38. The summed E-state index contributed by atoms with van der Waals surface area (Å²) in [7, 11) is 0. The third-order valence-electron chi connectivity index (χ3n) is 2.49. The van der Waals surface area contributed by atoms with Gasteiger partial charge in [-0.1, -0.05) is 36.4 Å². The lowest BCUT2D eigenvalue weighted by Crippen LogP contribution is -1.79. The molecule has 0 radical (unpaired) electrons. The van der Waals surface area contributed by atoms with Gasteiger partial charge in [0.05, 0.1) is 0 Å². The maximum Gasteiger partial charge on any atom is 0.115 e. The molecule has 0 saturated carbocycles. The Bertz CT molecular complexity index is 495. The van der Waals surface area contributed by atoms with Crippen molar-refractivity contribution in [1.29, 1.82) is 0 Å². The van der Waals surface area contributed by atoms with E-state index in [0.29, 0.717) is 0 Å². The minimum Gasteiger partial charge on any atom is -0.508 e. The van der Waals surface area contributed by atoms with Gasteiger partial charge in [-0.25, -0.2) is 0 Å². The second-order valence-corrected chi connectivity index (χ2v) is 3.86. The van der Waals surface area contributed by atoms with E-state index in [2.05, 4.69) is 6.08 Å². The van der Waals surface area contributed by atoms with Gasteiger partial charge in [0.15, 0.2) is 0 Å². The standard InChI is InChI=1S/C15H14O2/c16-14-8-4-12(5-9-14)2-1-3-13-6-10-15(17)11-7-13/h1-2,4-11,16-17H,3H2/b2-1-. The van der Waals surface area contributed by atoms with Gasteiger partial charge in [-0.15, -0.1) is 0 Å². The minimum atomic E-state index is 0.278. The fraction of sp³-hybridized carbons (Fsp3) is 0.0667. The smallest absolute Gasteiger partial charge is 0.115 e. The molecule has 0 aliphatic heterocycles. The molecule has 2 heteroatoms. The minimum absolute atomic E-state index is 0.278. The van der Waals surface area contributed by atoms with E-state index in [4.69, 9.17) is 10.2 Å². The first-order valence-electron chi connectivity index (χ1n) is 5.47. The second kappa shape index (κ2) is 5.21. The molecule has 2 aromatic rings. The van der Waals surface area contributed by atoms with E-state index in [-0.39, 0.29) is 11.5 Å². The summed E-state index contributed by atoms with van der Waals surface area (Å²) in [5.74, 6) is 0.567. The van der Waals surface area contributed by atoms with Gasteiger partial charge < -0.3 is 10.2 Å². The summed E-state index contributed by atoms with van der Waals surface area (Å²) in [5.41, 5.74) is 2.21. The van der Waals surface area contributed by atoms with Crippen molar-refractivity contribution in [1.82, 2.24) is 0 Å². The van der Waals surface area contributed by atoms with E-state index in [1.165, 1.54) is 0 Å². The number of rotatable bonds is 3. The Labute approximate surface area is 100 Å². The van der Waals surface area contributed by atoms with E-state index in [1.54, 1.807) is 24.3 Å². The molecule has 0 aromatic heterocycles. The molecule has 0 unspecified atom stereocenters. The van der Waals surface area contributed by atoms with Gasteiger partial charge in [-0.2, -0.15) is 0 Å². The van der Waals surface area contributed by atoms with Crippen LogP contribution in [0, 0.1) is 0 Å². The first-order chi connectivity index (χ1) is 8.24. The predicted molar refractivity (Wildman–Crippen MR) is 69.0 cm³/mol. The number of phenols is 2. The van der Waals surface area contributed by atoms with Crippen molar-refractivity contribution in [2.24, 2.45) is 0 Å². The maximum atomic E-state index is 9.14. The number of hydrogen-bond donors (Lipinski definition) is 2. The molecular weight excluding hydrogens is 212 g/mol. The van der Waals surface area contributed by atoms with Crippen LogP contribution in [-0.4, -0.2) is 10.2 Å². The zero-order valence-corrected chi connectivity index (χ0v) is 9.38. The lowest BCUT2D eigenvalue weighted by atomic mass is 10.1. The molecule has 86 valence electrons. The molecule has 0 aliphatic rings. The van der Waals surface area contributed by atoms with Gasteiger partial charge in [0.2, 0.25) is 0 Å². The quantitative estimate of drug-likeness (QED) is 0.842. The van der Waals surface area contributed by atoms with Crippen LogP contribution in [0.15, 0.2) is 54.6 Å². The van der Waals surface area contributed by atoms with Crippen molar-refractivity contribution in [2.75, 3.05) is 0 Å². The van der Waals surface area contributed by atoms with Crippen LogP contribution in [0.25, 0.3) is 6.08 Å². The topological polar surface area (TPSA) is 40.5 Å². The molecule has 0 aliphatic carbocycles. The zero-order valence-electron chi connectivity index (χ0n) is 9.38. The zero-order chi connectivity index (χ0) is 12.1. The summed E-state index contributed by atoms with van der Waals surface area (Å²) in [6, 6.07) is 14.2. The highest BCUT2D eigenvalue weighted by molar-refractivity contribution is 5.50. The van der Waals surface area contributed by atoms with Gasteiger partial charge in [0, 0.05) is 0 Å². The van der Waals surface area contributed by atoms with E-state index in [1.807, 2.05) is 30.3 Å². The number of hydrogen-bond acceptors (Lipinski definition) is 2. The summed E-state index contributed by atoms with van der Waals surface area (Å²) in [6.45, 7) is 0. The van der Waals surface area contributed by atoms with Crippen molar-refractivity contribution in [2.45, 2.75) is 6.42 Å². The molecular formula is C15H14O2. The Morgan fingerprint density at radius 2 is 1.29 bits per heavy atom. The largest absolute Gasteiger partial charge is 0.508 e.